The maximum atomic E-state index is 12.9. The van der Waals surface area contributed by atoms with Gasteiger partial charge in [-0.15, -0.1) is 0 Å². The van der Waals surface area contributed by atoms with Crippen molar-refractivity contribution in [3.8, 4) is 0 Å². The number of anilines is 4. The lowest BCUT2D eigenvalue weighted by molar-refractivity contribution is -0.123. The standard InChI is InChI=1S/C20H14Cl3N5O3/c21-9-3-1-4-10(7-9)24-20-27-17-15(19(31)28-20)11(8-14(29)26-17)18(30)25-13-6-2-5-12(22)16(13)23/h1-7,11H,8H2,(H,25,30)(H3,24,26,27,28,29,31)/t11-/m0/s1. The molecule has 0 fully saturated rings. The third kappa shape index (κ3) is 4.51. The number of benzene rings is 2. The minimum Gasteiger partial charge on any atom is -0.326 e. The smallest absolute Gasteiger partial charge is 0.258 e. The number of aromatic amines is 1. The molecule has 4 rings (SSSR count). The average molecular weight is 479 g/mol. The average Bonchev–Trinajstić information content (AvgIpc) is 2.70. The molecule has 0 bridgehead atoms. The summed E-state index contributed by atoms with van der Waals surface area (Å²) >= 11 is 18.1. The third-order valence-electron chi connectivity index (χ3n) is 4.56. The summed E-state index contributed by atoms with van der Waals surface area (Å²) < 4.78 is 0. The Bertz CT molecular complexity index is 1260. The maximum Gasteiger partial charge on any atom is 0.258 e. The molecule has 0 radical (unpaired) electrons. The van der Waals surface area contributed by atoms with E-state index in [1.807, 2.05) is 0 Å². The summed E-state index contributed by atoms with van der Waals surface area (Å²) in [5, 5.41) is 9.00. The van der Waals surface area contributed by atoms with Gasteiger partial charge in [0.1, 0.15) is 5.82 Å². The van der Waals surface area contributed by atoms with Gasteiger partial charge in [-0.05, 0) is 30.3 Å². The highest BCUT2D eigenvalue weighted by Gasteiger charge is 2.35. The van der Waals surface area contributed by atoms with Crippen LogP contribution in [0.25, 0.3) is 0 Å². The second-order valence-corrected chi connectivity index (χ2v) is 7.93. The minimum atomic E-state index is -1.06. The number of hydrogen-bond acceptors (Lipinski definition) is 5. The quantitative estimate of drug-likeness (QED) is 0.439. The maximum absolute atomic E-state index is 12.9. The molecule has 0 aliphatic carbocycles. The summed E-state index contributed by atoms with van der Waals surface area (Å²) in [5.41, 5.74) is 0.344. The summed E-state index contributed by atoms with van der Waals surface area (Å²) in [4.78, 5) is 44.7. The molecule has 8 nitrogen and oxygen atoms in total. The number of hydrogen-bond donors (Lipinski definition) is 4. The van der Waals surface area contributed by atoms with Crippen LogP contribution in [0.15, 0.2) is 47.3 Å². The molecule has 0 unspecified atom stereocenters. The molecule has 158 valence electrons. The first kappa shape index (κ1) is 21.2. The van der Waals surface area contributed by atoms with Crippen molar-refractivity contribution < 1.29 is 9.59 Å². The van der Waals surface area contributed by atoms with Gasteiger partial charge in [-0.1, -0.05) is 46.9 Å². The van der Waals surface area contributed by atoms with Gasteiger partial charge in [0.2, 0.25) is 17.8 Å². The first-order chi connectivity index (χ1) is 14.8. The van der Waals surface area contributed by atoms with E-state index in [0.29, 0.717) is 10.7 Å². The Labute approximate surface area is 190 Å². The SMILES string of the molecule is O=C1C[C@H](C(=O)Nc2cccc(Cl)c2Cl)c2c(nc(Nc3cccc(Cl)c3)[nH]c2=O)N1. The van der Waals surface area contributed by atoms with E-state index < -0.39 is 23.3 Å². The van der Waals surface area contributed by atoms with Crippen LogP contribution >= 0.6 is 34.8 Å². The highest BCUT2D eigenvalue weighted by Crippen LogP contribution is 2.33. The molecule has 0 spiro atoms. The van der Waals surface area contributed by atoms with Crippen LogP contribution in [-0.2, 0) is 9.59 Å². The fourth-order valence-electron chi connectivity index (χ4n) is 3.18. The number of carbonyl (C=O) groups excluding carboxylic acids is 2. The van der Waals surface area contributed by atoms with Crippen molar-refractivity contribution in [2.45, 2.75) is 12.3 Å². The highest BCUT2D eigenvalue weighted by atomic mass is 35.5. The van der Waals surface area contributed by atoms with Gasteiger partial charge >= 0.3 is 0 Å². The van der Waals surface area contributed by atoms with E-state index in [1.165, 1.54) is 0 Å². The van der Waals surface area contributed by atoms with Crippen LogP contribution in [-0.4, -0.2) is 21.8 Å². The van der Waals surface area contributed by atoms with Crippen LogP contribution in [0, 0.1) is 0 Å². The topological polar surface area (TPSA) is 116 Å². The molecule has 0 saturated heterocycles. The summed E-state index contributed by atoms with van der Waals surface area (Å²) in [6.45, 7) is 0. The Balaban J connectivity index is 1.66. The molecule has 1 aliphatic rings. The fourth-order valence-corrected chi connectivity index (χ4v) is 3.72. The van der Waals surface area contributed by atoms with E-state index in [0.717, 1.165) is 0 Å². The van der Waals surface area contributed by atoms with Crippen LogP contribution < -0.4 is 21.5 Å². The molecular formula is C20H14Cl3N5O3. The molecular weight excluding hydrogens is 465 g/mol. The van der Waals surface area contributed by atoms with Gasteiger partial charge in [0.25, 0.3) is 5.56 Å². The van der Waals surface area contributed by atoms with Crippen molar-refractivity contribution in [2.75, 3.05) is 16.0 Å². The molecule has 31 heavy (non-hydrogen) atoms. The van der Waals surface area contributed by atoms with Crippen LogP contribution in [0.5, 0.6) is 0 Å². The van der Waals surface area contributed by atoms with Gasteiger partial charge < -0.3 is 16.0 Å². The van der Waals surface area contributed by atoms with Crippen molar-refractivity contribution in [2.24, 2.45) is 0 Å². The van der Waals surface area contributed by atoms with Crippen molar-refractivity contribution >= 4 is 69.8 Å². The van der Waals surface area contributed by atoms with Crippen LogP contribution in [0.1, 0.15) is 17.9 Å². The second-order valence-electron chi connectivity index (χ2n) is 6.71. The summed E-state index contributed by atoms with van der Waals surface area (Å²) in [6.07, 6.45) is -0.219. The lowest BCUT2D eigenvalue weighted by atomic mass is 9.92. The zero-order valence-corrected chi connectivity index (χ0v) is 17.9. The first-order valence-electron chi connectivity index (χ1n) is 9.03. The summed E-state index contributed by atoms with van der Waals surface area (Å²) in [5.74, 6) is -2.00. The predicted octanol–water partition coefficient (Wildman–Crippen LogP) is 4.54. The molecule has 3 aromatic rings. The normalized spacial score (nSPS) is 15.1. The number of halogens is 3. The predicted molar refractivity (Wildman–Crippen MR) is 121 cm³/mol. The van der Waals surface area contributed by atoms with Gasteiger partial charge in [-0.3, -0.25) is 19.4 Å². The number of carbonyl (C=O) groups is 2. The molecule has 2 aromatic carbocycles. The number of amides is 2. The fraction of sp³-hybridized carbons (Fsp3) is 0.100. The van der Waals surface area contributed by atoms with E-state index in [-0.39, 0.29) is 39.5 Å². The van der Waals surface area contributed by atoms with Crippen LogP contribution in [0.4, 0.5) is 23.1 Å². The lowest BCUT2D eigenvalue weighted by Crippen LogP contribution is -2.36. The van der Waals surface area contributed by atoms with Crippen molar-refractivity contribution in [3.63, 3.8) is 0 Å². The Morgan fingerprint density at radius 2 is 1.87 bits per heavy atom. The molecule has 2 heterocycles. The number of nitrogens with one attached hydrogen (secondary N) is 4. The zero-order valence-electron chi connectivity index (χ0n) is 15.6. The molecule has 1 aliphatic heterocycles. The monoisotopic (exact) mass is 477 g/mol. The second kappa shape index (κ2) is 8.58. The number of aromatic nitrogens is 2. The van der Waals surface area contributed by atoms with Crippen LogP contribution in [0.3, 0.4) is 0 Å². The highest BCUT2D eigenvalue weighted by molar-refractivity contribution is 6.44. The van der Waals surface area contributed by atoms with E-state index in [2.05, 4.69) is 25.9 Å². The van der Waals surface area contributed by atoms with Crippen molar-refractivity contribution in [1.82, 2.24) is 9.97 Å². The van der Waals surface area contributed by atoms with Crippen molar-refractivity contribution in [1.29, 1.82) is 0 Å². The largest absolute Gasteiger partial charge is 0.326 e. The number of rotatable bonds is 4. The van der Waals surface area contributed by atoms with Gasteiger partial charge in [0.15, 0.2) is 0 Å². The molecule has 4 N–H and O–H groups in total. The minimum absolute atomic E-state index is 0.00173. The Morgan fingerprint density at radius 1 is 1.10 bits per heavy atom. The molecule has 1 aromatic heterocycles. The first-order valence-corrected chi connectivity index (χ1v) is 10.2. The number of H-pyrrole nitrogens is 1. The Hall–Kier alpha value is -3.07. The molecule has 1 atom stereocenters. The Morgan fingerprint density at radius 3 is 2.65 bits per heavy atom. The van der Waals surface area contributed by atoms with E-state index in [9.17, 15) is 14.4 Å². The van der Waals surface area contributed by atoms with Crippen LogP contribution in [0.2, 0.25) is 15.1 Å². The van der Waals surface area contributed by atoms with E-state index >= 15 is 0 Å². The molecule has 0 saturated carbocycles. The molecule has 2 amide bonds. The lowest BCUT2D eigenvalue weighted by Gasteiger charge is -2.24. The molecule has 11 heteroatoms. The van der Waals surface area contributed by atoms with E-state index in [1.54, 1.807) is 42.5 Å². The summed E-state index contributed by atoms with van der Waals surface area (Å²) in [7, 11) is 0. The van der Waals surface area contributed by atoms with Gasteiger partial charge in [-0.25, -0.2) is 0 Å². The van der Waals surface area contributed by atoms with Crippen molar-refractivity contribution in [3.05, 3.63) is 73.4 Å². The third-order valence-corrected chi connectivity index (χ3v) is 5.62. The van der Waals surface area contributed by atoms with Gasteiger partial charge in [0.05, 0.1) is 27.2 Å². The summed E-state index contributed by atoms with van der Waals surface area (Å²) in [6, 6.07) is 11.6. The number of fused-ring (bicyclic) bond motifs is 1. The van der Waals surface area contributed by atoms with Gasteiger partial charge in [0, 0.05) is 17.1 Å². The van der Waals surface area contributed by atoms with E-state index in [4.69, 9.17) is 34.8 Å². The zero-order chi connectivity index (χ0) is 22.1. The number of nitrogens with zero attached hydrogens (tertiary/aromatic N) is 1. The Kier molecular flexibility index (Phi) is 5.86. The van der Waals surface area contributed by atoms with Gasteiger partial charge in [-0.2, -0.15) is 4.98 Å².